The van der Waals surface area contributed by atoms with Crippen LogP contribution in [0.1, 0.15) is 45.2 Å². The third-order valence-corrected chi connectivity index (χ3v) is 3.74. The molecule has 1 aromatic rings. The summed E-state index contributed by atoms with van der Waals surface area (Å²) in [7, 11) is 0. The number of carbonyl (C=O) groups is 1. The molecule has 102 valence electrons. The van der Waals surface area contributed by atoms with Crippen LogP contribution in [0.2, 0.25) is 0 Å². The minimum Gasteiger partial charge on any atom is -0.319 e. The van der Waals surface area contributed by atoms with Crippen LogP contribution in [-0.2, 0) is 4.79 Å². The molecule has 18 heavy (non-hydrogen) atoms. The predicted octanol–water partition coefficient (Wildman–Crippen LogP) is 2.75. The van der Waals surface area contributed by atoms with E-state index in [4.69, 9.17) is 5.73 Å². The van der Waals surface area contributed by atoms with E-state index >= 15 is 0 Å². The standard InChI is InChI=1S/C12H19N3OS.ClH/c1-12(2,3)9(13)10(16)15-11-14-8(6-17-11)7-4-5-7;/h6-7,9H,4-5,13H2,1-3H3,(H,14,15,16);1H/t9-;/m1./s1. The van der Waals surface area contributed by atoms with Crippen molar-refractivity contribution in [2.24, 2.45) is 11.1 Å². The summed E-state index contributed by atoms with van der Waals surface area (Å²) in [6, 6.07) is -0.518. The molecule has 3 N–H and O–H groups in total. The van der Waals surface area contributed by atoms with Gasteiger partial charge in [-0.05, 0) is 18.3 Å². The Morgan fingerprint density at radius 1 is 1.56 bits per heavy atom. The average Bonchev–Trinajstić information content (AvgIpc) is 2.98. The number of anilines is 1. The van der Waals surface area contributed by atoms with Gasteiger partial charge in [0.15, 0.2) is 5.13 Å². The molecule has 0 saturated heterocycles. The smallest absolute Gasteiger partial charge is 0.243 e. The van der Waals surface area contributed by atoms with Gasteiger partial charge in [-0.15, -0.1) is 23.7 Å². The molecule has 0 radical (unpaired) electrons. The molecular weight excluding hydrogens is 270 g/mol. The number of hydrogen-bond acceptors (Lipinski definition) is 4. The van der Waals surface area contributed by atoms with E-state index in [0.717, 1.165) is 5.69 Å². The van der Waals surface area contributed by atoms with Crippen molar-refractivity contribution in [1.82, 2.24) is 4.98 Å². The van der Waals surface area contributed by atoms with Gasteiger partial charge in [-0.25, -0.2) is 4.98 Å². The van der Waals surface area contributed by atoms with Gasteiger partial charge in [0.25, 0.3) is 0 Å². The average molecular weight is 290 g/mol. The van der Waals surface area contributed by atoms with Gasteiger partial charge < -0.3 is 11.1 Å². The first-order valence-electron chi connectivity index (χ1n) is 5.90. The number of aromatic nitrogens is 1. The second-order valence-corrected chi connectivity index (χ2v) is 6.54. The molecule has 1 amide bonds. The first-order valence-corrected chi connectivity index (χ1v) is 6.78. The molecule has 0 bridgehead atoms. The highest BCUT2D eigenvalue weighted by molar-refractivity contribution is 7.13. The highest BCUT2D eigenvalue weighted by Crippen LogP contribution is 2.40. The lowest BCUT2D eigenvalue weighted by molar-refractivity contribution is -0.119. The summed E-state index contributed by atoms with van der Waals surface area (Å²) < 4.78 is 0. The normalized spacial score (nSPS) is 16.9. The fraction of sp³-hybridized carbons (Fsp3) is 0.667. The molecule has 0 aromatic carbocycles. The zero-order valence-corrected chi connectivity index (χ0v) is 12.5. The lowest BCUT2D eigenvalue weighted by Gasteiger charge is -2.25. The Morgan fingerprint density at radius 3 is 2.67 bits per heavy atom. The van der Waals surface area contributed by atoms with Crippen molar-refractivity contribution < 1.29 is 4.79 Å². The summed E-state index contributed by atoms with van der Waals surface area (Å²) in [5, 5.41) is 5.48. The summed E-state index contributed by atoms with van der Waals surface area (Å²) in [6.45, 7) is 5.86. The van der Waals surface area contributed by atoms with E-state index in [9.17, 15) is 4.79 Å². The fourth-order valence-corrected chi connectivity index (χ4v) is 2.28. The van der Waals surface area contributed by atoms with Crippen molar-refractivity contribution in [2.45, 2.75) is 45.6 Å². The molecule has 1 aliphatic carbocycles. The molecule has 0 unspecified atom stereocenters. The molecule has 1 aliphatic rings. The van der Waals surface area contributed by atoms with E-state index in [-0.39, 0.29) is 23.7 Å². The molecule has 0 aliphatic heterocycles. The molecule has 1 fully saturated rings. The van der Waals surface area contributed by atoms with Gasteiger partial charge in [-0.3, -0.25) is 4.79 Å². The Kier molecular flexibility index (Phi) is 4.75. The maximum absolute atomic E-state index is 11.9. The summed E-state index contributed by atoms with van der Waals surface area (Å²) in [5.41, 5.74) is 6.76. The molecule has 2 rings (SSSR count). The lowest BCUT2D eigenvalue weighted by Crippen LogP contribution is -2.45. The van der Waals surface area contributed by atoms with Crippen LogP contribution in [0.5, 0.6) is 0 Å². The SMILES string of the molecule is CC(C)(C)[C@H](N)C(=O)Nc1nc(C2CC2)cs1.Cl. The van der Waals surface area contributed by atoms with Gasteiger partial charge in [0.05, 0.1) is 11.7 Å². The largest absolute Gasteiger partial charge is 0.319 e. The minimum absolute atomic E-state index is 0. The molecule has 6 heteroatoms. The van der Waals surface area contributed by atoms with Gasteiger partial charge in [-0.2, -0.15) is 0 Å². The van der Waals surface area contributed by atoms with Gasteiger partial charge in [0.2, 0.25) is 5.91 Å². The van der Waals surface area contributed by atoms with Crippen LogP contribution in [-0.4, -0.2) is 16.9 Å². The molecular formula is C12H20ClN3OS. The summed E-state index contributed by atoms with van der Waals surface area (Å²) in [6.07, 6.45) is 2.44. The molecule has 1 aromatic heterocycles. The first kappa shape index (κ1) is 15.4. The molecule has 4 nitrogen and oxygen atoms in total. The van der Waals surface area contributed by atoms with Gasteiger partial charge in [0, 0.05) is 11.3 Å². The number of nitrogens with zero attached hydrogens (tertiary/aromatic N) is 1. The summed E-state index contributed by atoms with van der Waals surface area (Å²) in [4.78, 5) is 16.3. The molecule has 1 saturated carbocycles. The van der Waals surface area contributed by atoms with E-state index in [0.29, 0.717) is 11.0 Å². The number of rotatable bonds is 3. The number of carbonyl (C=O) groups excluding carboxylic acids is 1. The second-order valence-electron chi connectivity index (χ2n) is 5.68. The van der Waals surface area contributed by atoms with Crippen LogP contribution < -0.4 is 11.1 Å². The number of nitrogens with one attached hydrogen (secondary N) is 1. The zero-order valence-electron chi connectivity index (χ0n) is 10.9. The Balaban J connectivity index is 0.00000162. The first-order chi connectivity index (χ1) is 7.88. The van der Waals surface area contributed by atoms with E-state index < -0.39 is 6.04 Å². The van der Waals surface area contributed by atoms with Crippen LogP contribution in [0.25, 0.3) is 0 Å². The number of thiazole rings is 1. The Bertz CT molecular complexity index is 423. The van der Waals surface area contributed by atoms with Crippen LogP contribution in [0, 0.1) is 5.41 Å². The number of nitrogens with two attached hydrogens (primary N) is 1. The molecule has 1 atom stereocenters. The minimum atomic E-state index is -0.518. The predicted molar refractivity (Wildman–Crippen MR) is 77.4 cm³/mol. The third kappa shape index (κ3) is 3.67. The third-order valence-electron chi connectivity index (χ3n) is 2.96. The van der Waals surface area contributed by atoms with Crippen molar-refractivity contribution in [3.05, 3.63) is 11.1 Å². The van der Waals surface area contributed by atoms with Crippen molar-refractivity contribution in [2.75, 3.05) is 5.32 Å². The highest BCUT2D eigenvalue weighted by Gasteiger charge is 2.29. The van der Waals surface area contributed by atoms with Crippen LogP contribution >= 0.6 is 23.7 Å². The molecule has 0 spiro atoms. The van der Waals surface area contributed by atoms with Crippen molar-refractivity contribution in [3.63, 3.8) is 0 Å². The Hall–Kier alpha value is -0.650. The van der Waals surface area contributed by atoms with E-state index in [1.807, 2.05) is 26.2 Å². The van der Waals surface area contributed by atoms with E-state index in [1.165, 1.54) is 24.2 Å². The Labute approximate surface area is 118 Å². The molecule has 1 heterocycles. The summed E-state index contributed by atoms with van der Waals surface area (Å²) in [5.74, 6) is 0.461. The fourth-order valence-electron chi connectivity index (χ4n) is 1.49. The maximum Gasteiger partial charge on any atom is 0.243 e. The van der Waals surface area contributed by atoms with E-state index in [1.54, 1.807) is 0 Å². The summed E-state index contributed by atoms with van der Waals surface area (Å²) >= 11 is 1.48. The second kappa shape index (κ2) is 5.55. The highest BCUT2D eigenvalue weighted by atomic mass is 35.5. The van der Waals surface area contributed by atoms with Gasteiger partial charge in [0.1, 0.15) is 0 Å². The van der Waals surface area contributed by atoms with Crippen LogP contribution in [0.3, 0.4) is 0 Å². The van der Waals surface area contributed by atoms with E-state index in [2.05, 4.69) is 10.3 Å². The van der Waals surface area contributed by atoms with Crippen molar-refractivity contribution in [1.29, 1.82) is 0 Å². The topological polar surface area (TPSA) is 68.0 Å². The lowest BCUT2D eigenvalue weighted by atomic mass is 9.87. The van der Waals surface area contributed by atoms with Crippen LogP contribution in [0.4, 0.5) is 5.13 Å². The monoisotopic (exact) mass is 289 g/mol. The zero-order chi connectivity index (χ0) is 12.6. The number of halogens is 1. The number of hydrogen-bond donors (Lipinski definition) is 2. The maximum atomic E-state index is 11.9. The Morgan fingerprint density at radius 2 is 2.17 bits per heavy atom. The van der Waals surface area contributed by atoms with Gasteiger partial charge >= 0.3 is 0 Å². The van der Waals surface area contributed by atoms with Gasteiger partial charge in [-0.1, -0.05) is 20.8 Å². The number of amides is 1. The quantitative estimate of drug-likeness (QED) is 0.899. The van der Waals surface area contributed by atoms with Crippen molar-refractivity contribution >= 4 is 34.8 Å². The van der Waals surface area contributed by atoms with Crippen LogP contribution in [0.15, 0.2) is 5.38 Å². The van der Waals surface area contributed by atoms with Crippen molar-refractivity contribution in [3.8, 4) is 0 Å².